The Labute approximate surface area is 123 Å². The van der Waals surface area contributed by atoms with Crippen molar-refractivity contribution in [2.24, 2.45) is 5.92 Å². The molecule has 0 amide bonds. The molecule has 0 aliphatic rings. The van der Waals surface area contributed by atoms with E-state index in [4.69, 9.17) is 9.84 Å². The molecule has 0 spiro atoms. The number of nitrogens with one attached hydrogen (secondary N) is 1. The summed E-state index contributed by atoms with van der Waals surface area (Å²) in [6, 6.07) is 8.60. The van der Waals surface area contributed by atoms with E-state index in [2.05, 4.69) is 31.3 Å². The lowest BCUT2D eigenvalue weighted by atomic mass is 10.0. The van der Waals surface area contributed by atoms with Gasteiger partial charge in [0.1, 0.15) is 5.75 Å². The molecule has 0 aliphatic carbocycles. The van der Waals surface area contributed by atoms with Crippen LogP contribution in [0.3, 0.4) is 0 Å². The van der Waals surface area contributed by atoms with Gasteiger partial charge in [0, 0.05) is 12.6 Å². The molecule has 3 heteroatoms. The summed E-state index contributed by atoms with van der Waals surface area (Å²) in [5.41, 5.74) is 1.26. The van der Waals surface area contributed by atoms with Gasteiger partial charge in [0.05, 0.1) is 6.10 Å². The predicted octanol–water partition coefficient (Wildman–Crippen LogP) is 3.53. The second-order valence-corrected chi connectivity index (χ2v) is 5.65. The van der Waals surface area contributed by atoms with Crippen molar-refractivity contribution in [3.05, 3.63) is 29.8 Å². The van der Waals surface area contributed by atoms with Crippen LogP contribution >= 0.6 is 0 Å². The van der Waals surface area contributed by atoms with E-state index in [0.29, 0.717) is 12.0 Å². The lowest BCUT2D eigenvalue weighted by Gasteiger charge is -2.20. The lowest BCUT2D eigenvalue weighted by Crippen LogP contribution is -2.26. The van der Waals surface area contributed by atoms with Crippen LogP contribution in [-0.2, 0) is 0 Å². The van der Waals surface area contributed by atoms with Gasteiger partial charge in [0.15, 0.2) is 0 Å². The molecule has 1 rings (SSSR count). The molecule has 0 fully saturated rings. The summed E-state index contributed by atoms with van der Waals surface area (Å²) >= 11 is 0. The molecule has 0 radical (unpaired) electrons. The summed E-state index contributed by atoms with van der Waals surface area (Å²) in [5, 5.41) is 12.6. The first-order valence-corrected chi connectivity index (χ1v) is 7.67. The summed E-state index contributed by atoms with van der Waals surface area (Å²) in [6.07, 6.45) is 2.18. The average Bonchev–Trinajstić information content (AvgIpc) is 2.43. The zero-order valence-corrected chi connectivity index (χ0v) is 13.2. The van der Waals surface area contributed by atoms with Crippen molar-refractivity contribution in [3.63, 3.8) is 0 Å². The molecule has 3 nitrogen and oxygen atoms in total. The molecule has 0 aromatic heterocycles. The molecule has 20 heavy (non-hydrogen) atoms. The van der Waals surface area contributed by atoms with E-state index in [0.717, 1.165) is 25.1 Å². The van der Waals surface area contributed by atoms with Gasteiger partial charge in [-0.3, -0.25) is 0 Å². The Kier molecular flexibility index (Phi) is 7.63. The molecule has 114 valence electrons. The molecule has 0 saturated carbocycles. The molecular formula is C17H29NO2. The predicted molar refractivity (Wildman–Crippen MR) is 84.1 cm³/mol. The maximum atomic E-state index is 9.01. The molecular weight excluding hydrogens is 250 g/mol. The SMILES string of the molecule is CCC(CCO)CNC(C)c1ccc(OC(C)C)cc1. The highest BCUT2D eigenvalue weighted by Crippen LogP contribution is 2.19. The van der Waals surface area contributed by atoms with Crippen LogP contribution in [0.2, 0.25) is 0 Å². The largest absolute Gasteiger partial charge is 0.491 e. The number of aliphatic hydroxyl groups excluding tert-OH is 1. The minimum atomic E-state index is 0.209. The van der Waals surface area contributed by atoms with Crippen molar-refractivity contribution in [2.75, 3.05) is 13.2 Å². The van der Waals surface area contributed by atoms with Crippen molar-refractivity contribution in [2.45, 2.75) is 52.7 Å². The third kappa shape index (κ3) is 5.93. The summed E-state index contributed by atoms with van der Waals surface area (Å²) in [4.78, 5) is 0. The summed E-state index contributed by atoms with van der Waals surface area (Å²) in [5.74, 6) is 1.47. The Bertz CT molecular complexity index is 362. The monoisotopic (exact) mass is 279 g/mol. The normalized spacial score (nSPS) is 14.3. The first-order valence-electron chi connectivity index (χ1n) is 7.67. The van der Waals surface area contributed by atoms with Crippen molar-refractivity contribution < 1.29 is 9.84 Å². The minimum absolute atomic E-state index is 0.209. The van der Waals surface area contributed by atoms with Gasteiger partial charge in [-0.1, -0.05) is 25.5 Å². The quantitative estimate of drug-likeness (QED) is 0.726. The number of hydrogen-bond donors (Lipinski definition) is 2. The van der Waals surface area contributed by atoms with Gasteiger partial charge in [-0.25, -0.2) is 0 Å². The number of ether oxygens (including phenoxy) is 1. The van der Waals surface area contributed by atoms with Gasteiger partial charge in [-0.15, -0.1) is 0 Å². The molecule has 0 aliphatic heterocycles. The van der Waals surface area contributed by atoms with Crippen LogP contribution in [0.25, 0.3) is 0 Å². The van der Waals surface area contributed by atoms with Crippen LogP contribution in [0, 0.1) is 5.92 Å². The smallest absolute Gasteiger partial charge is 0.119 e. The fourth-order valence-corrected chi connectivity index (χ4v) is 2.20. The first kappa shape index (κ1) is 17.0. The lowest BCUT2D eigenvalue weighted by molar-refractivity contribution is 0.242. The van der Waals surface area contributed by atoms with Gasteiger partial charge >= 0.3 is 0 Å². The molecule has 1 aromatic rings. The van der Waals surface area contributed by atoms with Crippen molar-refractivity contribution >= 4 is 0 Å². The Morgan fingerprint density at radius 2 is 1.80 bits per heavy atom. The van der Waals surface area contributed by atoms with Crippen molar-refractivity contribution in [1.82, 2.24) is 5.32 Å². The number of hydrogen-bond acceptors (Lipinski definition) is 3. The number of benzene rings is 1. The Balaban J connectivity index is 2.48. The van der Waals surface area contributed by atoms with Crippen LogP contribution in [0.5, 0.6) is 5.75 Å². The standard InChI is InChI=1S/C17H29NO2/c1-5-15(10-11-19)12-18-14(4)16-6-8-17(9-7-16)20-13(2)3/h6-9,13-15,18-19H,5,10-12H2,1-4H3. The van der Waals surface area contributed by atoms with E-state index in [9.17, 15) is 0 Å². The van der Waals surface area contributed by atoms with E-state index in [1.165, 1.54) is 5.56 Å². The zero-order chi connectivity index (χ0) is 15.0. The van der Waals surface area contributed by atoms with E-state index in [-0.39, 0.29) is 12.7 Å². The second-order valence-electron chi connectivity index (χ2n) is 5.65. The van der Waals surface area contributed by atoms with E-state index in [1.54, 1.807) is 0 Å². The maximum absolute atomic E-state index is 9.01. The van der Waals surface area contributed by atoms with Gasteiger partial charge in [0.2, 0.25) is 0 Å². The van der Waals surface area contributed by atoms with Gasteiger partial charge in [-0.2, -0.15) is 0 Å². The van der Waals surface area contributed by atoms with Gasteiger partial charge in [-0.05, 0) is 57.4 Å². The highest BCUT2D eigenvalue weighted by Gasteiger charge is 2.09. The van der Waals surface area contributed by atoms with Crippen LogP contribution < -0.4 is 10.1 Å². The highest BCUT2D eigenvalue weighted by molar-refractivity contribution is 5.29. The molecule has 2 atom stereocenters. The first-order chi connectivity index (χ1) is 9.56. The summed E-state index contributed by atoms with van der Waals surface area (Å²) in [6.45, 7) is 9.63. The van der Waals surface area contributed by atoms with Crippen LogP contribution in [0.4, 0.5) is 0 Å². The maximum Gasteiger partial charge on any atom is 0.119 e. The molecule has 0 saturated heterocycles. The molecule has 2 unspecified atom stereocenters. The summed E-state index contributed by atoms with van der Waals surface area (Å²) < 4.78 is 5.65. The molecule has 0 heterocycles. The Morgan fingerprint density at radius 1 is 1.15 bits per heavy atom. The van der Waals surface area contributed by atoms with Crippen LogP contribution in [0.1, 0.15) is 52.1 Å². The minimum Gasteiger partial charge on any atom is -0.491 e. The van der Waals surface area contributed by atoms with Gasteiger partial charge in [0.25, 0.3) is 0 Å². The van der Waals surface area contributed by atoms with E-state index in [1.807, 2.05) is 26.0 Å². The Morgan fingerprint density at radius 3 is 2.30 bits per heavy atom. The molecule has 0 bridgehead atoms. The molecule has 2 N–H and O–H groups in total. The zero-order valence-electron chi connectivity index (χ0n) is 13.2. The van der Waals surface area contributed by atoms with Crippen molar-refractivity contribution in [3.8, 4) is 5.75 Å². The van der Waals surface area contributed by atoms with Crippen LogP contribution in [0.15, 0.2) is 24.3 Å². The number of rotatable bonds is 9. The third-order valence-corrected chi connectivity index (χ3v) is 3.58. The fourth-order valence-electron chi connectivity index (χ4n) is 2.20. The highest BCUT2D eigenvalue weighted by atomic mass is 16.5. The average molecular weight is 279 g/mol. The third-order valence-electron chi connectivity index (χ3n) is 3.58. The van der Waals surface area contributed by atoms with E-state index >= 15 is 0 Å². The van der Waals surface area contributed by atoms with Gasteiger partial charge < -0.3 is 15.2 Å². The molecule has 1 aromatic carbocycles. The number of aliphatic hydroxyl groups is 1. The van der Waals surface area contributed by atoms with Crippen LogP contribution in [-0.4, -0.2) is 24.4 Å². The van der Waals surface area contributed by atoms with E-state index < -0.39 is 0 Å². The summed E-state index contributed by atoms with van der Waals surface area (Å²) in [7, 11) is 0. The van der Waals surface area contributed by atoms with Crippen molar-refractivity contribution in [1.29, 1.82) is 0 Å². The Hall–Kier alpha value is -1.06. The topological polar surface area (TPSA) is 41.5 Å². The fraction of sp³-hybridized carbons (Fsp3) is 0.647. The second kappa shape index (κ2) is 8.98.